The molecule has 0 amide bonds. The molecule has 0 fully saturated rings. The molecule has 1 nitrogen and oxygen atoms in total. The number of fused-ring (bicyclic) bond motifs is 1. The van der Waals surface area contributed by atoms with E-state index in [1.165, 1.54) is 10.4 Å². The summed E-state index contributed by atoms with van der Waals surface area (Å²) in [6, 6.07) is 2.07. The molecule has 11 heavy (non-hydrogen) atoms. The Morgan fingerprint density at radius 1 is 1.45 bits per heavy atom. The molecule has 2 rings (SSSR count). The highest BCUT2D eigenvalue weighted by atomic mass is 14.6. The summed E-state index contributed by atoms with van der Waals surface area (Å²) in [6.45, 7) is 2.24. The quantitative estimate of drug-likeness (QED) is 0.523. The van der Waals surface area contributed by atoms with Crippen molar-refractivity contribution in [3.05, 3.63) is 28.9 Å². The van der Waals surface area contributed by atoms with Crippen molar-refractivity contribution in [2.24, 2.45) is 5.92 Å². The molecule has 1 aliphatic carbocycles. The number of pyridine rings is 1. The largest absolute Gasteiger partial charge is 0.264 e. The Kier molecular flexibility index (Phi) is 1.50. The molecule has 0 aliphatic heterocycles. The van der Waals surface area contributed by atoms with Crippen LogP contribution < -0.4 is 10.4 Å². The van der Waals surface area contributed by atoms with Crippen LogP contribution in [0.15, 0.2) is 18.5 Å². The third kappa shape index (κ3) is 1.18. The first-order chi connectivity index (χ1) is 5.36. The minimum Gasteiger partial charge on any atom is -0.264 e. The molecule has 0 bridgehead atoms. The number of hydrogen-bond donors (Lipinski definition) is 0. The lowest BCUT2D eigenvalue weighted by Gasteiger charge is -2.05. The molecule has 0 radical (unpaired) electrons. The van der Waals surface area contributed by atoms with Crippen LogP contribution in [0.5, 0.6) is 0 Å². The van der Waals surface area contributed by atoms with Crippen LogP contribution in [0.3, 0.4) is 0 Å². The predicted octanol–water partition coefficient (Wildman–Crippen LogP) is 0.682. The maximum Gasteiger partial charge on any atom is 0.0343 e. The molecule has 1 aromatic heterocycles. The maximum absolute atomic E-state index is 4.07. The molecule has 1 heterocycles. The summed E-state index contributed by atoms with van der Waals surface area (Å²) in [6.07, 6.45) is 9.49. The second-order valence-corrected chi connectivity index (χ2v) is 3.09. The molecule has 0 N–H and O–H groups in total. The minimum atomic E-state index is 0.685. The van der Waals surface area contributed by atoms with E-state index in [2.05, 4.69) is 30.1 Å². The van der Waals surface area contributed by atoms with E-state index in [0.717, 1.165) is 6.42 Å². The van der Waals surface area contributed by atoms with E-state index in [0.29, 0.717) is 5.92 Å². The van der Waals surface area contributed by atoms with Gasteiger partial charge in [-0.25, -0.2) is 0 Å². The number of rotatable bonds is 0. The Balaban J connectivity index is 2.73. The van der Waals surface area contributed by atoms with Crippen molar-refractivity contribution in [2.75, 3.05) is 0 Å². The summed E-state index contributed by atoms with van der Waals surface area (Å²) in [4.78, 5) is 4.07. The van der Waals surface area contributed by atoms with Gasteiger partial charge in [-0.2, -0.15) is 0 Å². The van der Waals surface area contributed by atoms with Crippen molar-refractivity contribution in [2.45, 2.75) is 13.3 Å². The zero-order valence-corrected chi connectivity index (χ0v) is 6.62. The Morgan fingerprint density at radius 2 is 2.36 bits per heavy atom. The van der Waals surface area contributed by atoms with E-state index < -0.39 is 0 Å². The first kappa shape index (κ1) is 6.59. The highest BCUT2D eigenvalue weighted by molar-refractivity contribution is 5.38. The second kappa shape index (κ2) is 2.50. The van der Waals surface area contributed by atoms with Gasteiger partial charge < -0.3 is 0 Å². The van der Waals surface area contributed by atoms with Crippen LogP contribution in [-0.4, -0.2) is 4.98 Å². The SMILES string of the molecule is CC1C=c2ccncc2=CC1. The minimum absolute atomic E-state index is 0.685. The van der Waals surface area contributed by atoms with Gasteiger partial charge in [0.1, 0.15) is 0 Å². The van der Waals surface area contributed by atoms with E-state index in [1.54, 1.807) is 0 Å². The van der Waals surface area contributed by atoms with Gasteiger partial charge in [0.15, 0.2) is 0 Å². The van der Waals surface area contributed by atoms with Crippen LogP contribution in [0.4, 0.5) is 0 Å². The summed E-state index contributed by atoms with van der Waals surface area (Å²) in [5.74, 6) is 0.685. The van der Waals surface area contributed by atoms with Crippen LogP contribution in [-0.2, 0) is 0 Å². The average Bonchev–Trinajstić information content (AvgIpc) is 2.04. The molecule has 56 valence electrons. The standard InChI is InChI=1S/C10H11N/c1-8-2-3-10-7-11-5-4-9(10)6-8/h3-8H,2H2,1H3. The van der Waals surface area contributed by atoms with Crippen LogP contribution in [0.2, 0.25) is 0 Å². The van der Waals surface area contributed by atoms with Crippen LogP contribution in [0.25, 0.3) is 12.2 Å². The van der Waals surface area contributed by atoms with Crippen molar-refractivity contribution < 1.29 is 0 Å². The highest BCUT2D eigenvalue weighted by Gasteiger charge is 1.99. The summed E-state index contributed by atoms with van der Waals surface area (Å²) in [7, 11) is 0. The topological polar surface area (TPSA) is 12.9 Å². The fraction of sp³-hybridized carbons (Fsp3) is 0.300. The molecule has 1 aromatic rings. The second-order valence-electron chi connectivity index (χ2n) is 3.09. The summed E-state index contributed by atoms with van der Waals surface area (Å²) < 4.78 is 0. The van der Waals surface area contributed by atoms with Crippen LogP contribution >= 0.6 is 0 Å². The zero-order chi connectivity index (χ0) is 7.68. The highest BCUT2D eigenvalue weighted by Crippen LogP contribution is 2.05. The van der Waals surface area contributed by atoms with Gasteiger partial charge in [0.05, 0.1) is 0 Å². The van der Waals surface area contributed by atoms with Crippen molar-refractivity contribution >= 4 is 12.2 Å². The monoisotopic (exact) mass is 145 g/mol. The molecule has 0 spiro atoms. The lowest BCUT2D eigenvalue weighted by Crippen LogP contribution is -2.28. The number of aromatic nitrogens is 1. The molecule has 0 aromatic carbocycles. The lowest BCUT2D eigenvalue weighted by molar-refractivity contribution is 0.799. The fourth-order valence-electron chi connectivity index (χ4n) is 1.43. The van der Waals surface area contributed by atoms with Crippen molar-refractivity contribution in [3.8, 4) is 0 Å². The van der Waals surface area contributed by atoms with E-state index in [9.17, 15) is 0 Å². The van der Waals surface area contributed by atoms with E-state index in [-0.39, 0.29) is 0 Å². The van der Waals surface area contributed by atoms with Gasteiger partial charge in [-0.15, -0.1) is 0 Å². The van der Waals surface area contributed by atoms with Crippen LogP contribution in [0, 0.1) is 5.92 Å². The molecule has 1 unspecified atom stereocenters. The fourth-order valence-corrected chi connectivity index (χ4v) is 1.43. The Morgan fingerprint density at radius 3 is 3.27 bits per heavy atom. The van der Waals surface area contributed by atoms with E-state index >= 15 is 0 Å². The Labute approximate surface area is 66.1 Å². The molecule has 1 heteroatoms. The van der Waals surface area contributed by atoms with Crippen molar-refractivity contribution in [1.29, 1.82) is 0 Å². The van der Waals surface area contributed by atoms with Gasteiger partial charge in [0, 0.05) is 12.4 Å². The maximum atomic E-state index is 4.07. The van der Waals surface area contributed by atoms with Gasteiger partial charge >= 0.3 is 0 Å². The average molecular weight is 145 g/mol. The van der Waals surface area contributed by atoms with Gasteiger partial charge in [-0.3, -0.25) is 4.98 Å². The smallest absolute Gasteiger partial charge is 0.0343 e. The third-order valence-electron chi connectivity index (χ3n) is 2.06. The summed E-state index contributed by atoms with van der Waals surface area (Å²) in [5, 5.41) is 2.62. The van der Waals surface area contributed by atoms with Crippen molar-refractivity contribution in [1.82, 2.24) is 4.98 Å². The Bertz CT molecular complexity index is 365. The molecule has 1 atom stereocenters. The van der Waals surface area contributed by atoms with Gasteiger partial charge in [0.25, 0.3) is 0 Å². The van der Waals surface area contributed by atoms with Gasteiger partial charge in [-0.1, -0.05) is 19.1 Å². The van der Waals surface area contributed by atoms with Gasteiger partial charge in [-0.05, 0) is 28.8 Å². The molecular weight excluding hydrogens is 134 g/mol. The van der Waals surface area contributed by atoms with E-state index in [1.807, 2.05) is 12.4 Å². The first-order valence-corrected chi connectivity index (χ1v) is 3.98. The summed E-state index contributed by atoms with van der Waals surface area (Å²) in [5.41, 5.74) is 0. The van der Waals surface area contributed by atoms with Crippen LogP contribution in [0.1, 0.15) is 13.3 Å². The number of hydrogen-bond acceptors (Lipinski definition) is 1. The molecule has 0 saturated carbocycles. The van der Waals surface area contributed by atoms with Gasteiger partial charge in [0.2, 0.25) is 0 Å². The summed E-state index contributed by atoms with van der Waals surface area (Å²) >= 11 is 0. The molecular formula is C10H11N. The zero-order valence-electron chi connectivity index (χ0n) is 6.62. The lowest BCUT2D eigenvalue weighted by atomic mass is 10.0. The van der Waals surface area contributed by atoms with E-state index in [4.69, 9.17) is 0 Å². The predicted molar refractivity (Wildman–Crippen MR) is 46.2 cm³/mol. The first-order valence-electron chi connectivity index (χ1n) is 3.98. The van der Waals surface area contributed by atoms with Crippen molar-refractivity contribution in [3.63, 3.8) is 0 Å². The normalized spacial score (nSPS) is 21.4. The molecule has 0 saturated heterocycles. The number of nitrogens with zero attached hydrogens (tertiary/aromatic N) is 1. The third-order valence-corrected chi connectivity index (χ3v) is 2.06. The molecule has 1 aliphatic rings. The Hall–Kier alpha value is -1.11.